The Morgan fingerprint density at radius 1 is 1.40 bits per heavy atom. The van der Waals surface area contributed by atoms with E-state index in [2.05, 4.69) is 16.6 Å². The first-order valence-corrected chi connectivity index (χ1v) is 6.03. The van der Waals surface area contributed by atoms with E-state index in [1.54, 1.807) is 24.3 Å². The number of terminal acetylenes is 1. The molecular weight excluding hydrogens is 260 g/mol. The van der Waals surface area contributed by atoms with Crippen LogP contribution < -0.4 is 15.4 Å². The maximum atomic E-state index is 11.7. The van der Waals surface area contributed by atoms with Crippen molar-refractivity contribution in [1.82, 2.24) is 10.6 Å². The van der Waals surface area contributed by atoms with E-state index in [0.717, 1.165) is 0 Å². The maximum absolute atomic E-state index is 11.7. The fraction of sp³-hybridized carbons (Fsp3) is 0.286. The van der Waals surface area contributed by atoms with Gasteiger partial charge < -0.3 is 20.1 Å². The van der Waals surface area contributed by atoms with Gasteiger partial charge in [-0.1, -0.05) is 24.1 Å². The maximum Gasteiger partial charge on any atom is 0.258 e. The van der Waals surface area contributed by atoms with Crippen molar-refractivity contribution < 1.29 is 19.1 Å². The van der Waals surface area contributed by atoms with Gasteiger partial charge in [-0.05, 0) is 12.1 Å². The predicted octanol–water partition coefficient (Wildman–Crippen LogP) is -0.344. The Balaban J connectivity index is 1.76. The molecule has 2 amide bonds. The van der Waals surface area contributed by atoms with Crippen molar-refractivity contribution in [2.75, 3.05) is 13.2 Å². The first-order valence-electron chi connectivity index (χ1n) is 6.03. The van der Waals surface area contributed by atoms with E-state index < -0.39 is 18.2 Å². The quantitative estimate of drug-likeness (QED) is 0.549. The molecule has 6 nitrogen and oxygen atoms in total. The molecule has 1 aromatic rings. The zero-order valence-electron chi connectivity index (χ0n) is 10.7. The molecule has 1 saturated heterocycles. The molecule has 0 aromatic heterocycles. The van der Waals surface area contributed by atoms with Crippen LogP contribution in [-0.4, -0.2) is 37.3 Å². The van der Waals surface area contributed by atoms with Crippen molar-refractivity contribution >= 4 is 11.8 Å². The molecule has 20 heavy (non-hydrogen) atoms. The molecular formula is C14H14N2O4. The second-order valence-corrected chi connectivity index (χ2v) is 4.09. The molecule has 0 aliphatic carbocycles. The largest absolute Gasteiger partial charge is 0.484 e. The summed E-state index contributed by atoms with van der Waals surface area (Å²) in [5, 5.41) is 5.02. The fourth-order valence-corrected chi connectivity index (χ4v) is 1.65. The molecule has 1 heterocycles. The Labute approximate surface area is 116 Å². The van der Waals surface area contributed by atoms with Gasteiger partial charge >= 0.3 is 0 Å². The van der Waals surface area contributed by atoms with E-state index in [1.807, 2.05) is 6.07 Å². The van der Waals surface area contributed by atoms with Gasteiger partial charge in [-0.25, -0.2) is 0 Å². The minimum Gasteiger partial charge on any atom is -0.484 e. The third-order valence-corrected chi connectivity index (χ3v) is 2.65. The summed E-state index contributed by atoms with van der Waals surface area (Å²) in [5.41, 5.74) is 0. The van der Waals surface area contributed by atoms with E-state index in [4.69, 9.17) is 15.9 Å². The molecule has 1 aliphatic heterocycles. The normalized spacial score (nSPS) is 20.2. The molecule has 1 aromatic carbocycles. The first kappa shape index (κ1) is 13.9. The number of carbonyl (C=O) groups excluding carboxylic acids is 2. The highest BCUT2D eigenvalue weighted by Crippen LogP contribution is 2.09. The van der Waals surface area contributed by atoms with Gasteiger partial charge in [0.2, 0.25) is 5.91 Å². The highest BCUT2D eigenvalue weighted by Gasteiger charge is 2.41. The van der Waals surface area contributed by atoms with Crippen LogP contribution in [0.15, 0.2) is 30.3 Å². The van der Waals surface area contributed by atoms with Gasteiger partial charge in [-0.15, -0.1) is 6.42 Å². The van der Waals surface area contributed by atoms with Gasteiger partial charge in [0, 0.05) is 0 Å². The second-order valence-electron chi connectivity index (χ2n) is 4.09. The summed E-state index contributed by atoms with van der Waals surface area (Å²) in [4.78, 5) is 23.0. The van der Waals surface area contributed by atoms with Crippen molar-refractivity contribution in [2.24, 2.45) is 0 Å². The molecule has 1 fully saturated rings. The highest BCUT2D eigenvalue weighted by atomic mass is 16.5. The van der Waals surface area contributed by atoms with Crippen LogP contribution in [0.25, 0.3) is 0 Å². The number of rotatable bonds is 6. The molecule has 1 aliphatic rings. The number of nitrogens with one attached hydrogen (secondary N) is 2. The van der Waals surface area contributed by atoms with Crippen molar-refractivity contribution in [1.29, 1.82) is 0 Å². The standard InChI is InChI=1S/C14H14N2O4/c1-2-8-19-14-12(13(18)16-14)15-11(17)9-20-10-6-4-3-5-7-10/h1,3-7,12,14H,8-9H2,(H,15,17)(H,16,18)/t12-,14+/m1/s1. The highest BCUT2D eigenvalue weighted by molar-refractivity contribution is 5.93. The molecule has 2 rings (SSSR count). The summed E-state index contributed by atoms with van der Waals surface area (Å²) in [5.74, 6) is 2.17. The van der Waals surface area contributed by atoms with E-state index in [-0.39, 0.29) is 19.1 Å². The van der Waals surface area contributed by atoms with Crippen molar-refractivity contribution in [3.05, 3.63) is 30.3 Å². The summed E-state index contributed by atoms with van der Waals surface area (Å²) in [6.45, 7) is -0.104. The van der Waals surface area contributed by atoms with Crippen LogP contribution in [0.3, 0.4) is 0 Å². The monoisotopic (exact) mass is 274 g/mol. The number of carbonyl (C=O) groups is 2. The van der Waals surface area contributed by atoms with Crippen molar-refractivity contribution in [3.8, 4) is 18.1 Å². The van der Waals surface area contributed by atoms with Crippen molar-refractivity contribution in [2.45, 2.75) is 12.3 Å². The average molecular weight is 274 g/mol. The van der Waals surface area contributed by atoms with Crippen LogP contribution in [0.4, 0.5) is 0 Å². The molecule has 104 valence electrons. The lowest BCUT2D eigenvalue weighted by atomic mass is 10.1. The molecule has 0 spiro atoms. The van der Waals surface area contributed by atoms with Crippen LogP contribution >= 0.6 is 0 Å². The zero-order valence-corrected chi connectivity index (χ0v) is 10.7. The fourth-order valence-electron chi connectivity index (χ4n) is 1.65. The topological polar surface area (TPSA) is 76.7 Å². The van der Waals surface area contributed by atoms with Gasteiger partial charge in [-0.3, -0.25) is 9.59 Å². The number of β-lactam (4-membered cyclic amide) rings is 1. The molecule has 0 bridgehead atoms. The molecule has 0 radical (unpaired) electrons. The Morgan fingerprint density at radius 3 is 2.80 bits per heavy atom. The number of amides is 2. The number of benzene rings is 1. The Bertz CT molecular complexity index is 524. The SMILES string of the molecule is C#CCO[C@@H]1NC(=O)[C@H]1NC(=O)COc1ccccc1. The van der Waals surface area contributed by atoms with Gasteiger partial charge in [0.15, 0.2) is 18.9 Å². The summed E-state index contributed by atoms with van der Waals surface area (Å²) < 4.78 is 10.4. The van der Waals surface area contributed by atoms with E-state index >= 15 is 0 Å². The summed E-state index contributed by atoms with van der Waals surface area (Å²) >= 11 is 0. The van der Waals surface area contributed by atoms with Gasteiger partial charge in [0.25, 0.3) is 5.91 Å². The Morgan fingerprint density at radius 2 is 2.15 bits per heavy atom. The van der Waals surface area contributed by atoms with Gasteiger partial charge in [-0.2, -0.15) is 0 Å². The first-order chi connectivity index (χ1) is 9.70. The lowest BCUT2D eigenvalue weighted by Crippen LogP contribution is -2.70. The van der Waals surface area contributed by atoms with E-state index in [9.17, 15) is 9.59 Å². The Kier molecular flexibility index (Phi) is 4.58. The van der Waals surface area contributed by atoms with Crippen molar-refractivity contribution in [3.63, 3.8) is 0 Å². The lowest BCUT2D eigenvalue weighted by molar-refractivity contribution is -0.149. The number of ether oxygens (including phenoxy) is 2. The number of hydrogen-bond donors (Lipinski definition) is 2. The third kappa shape index (κ3) is 3.49. The minimum absolute atomic E-state index is 0.0673. The number of hydrogen-bond acceptors (Lipinski definition) is 4. The average Bonchev–Trinajstić information content (AvgIpc) is 2.48. The van der Waals surface area contributed by atoms with Crippen LogP contribution in [0.1, 0.15) is 0 Å². The van der Waals surface area contributed by atoms with E-state index in [1.165, 1.54) is 0 Å². The van der Waals surface area contributed by atoms with E-state index in [0.29, 0.717) is 5.75 Å². The third-order valence-electron chi connectivity index (χ3n) is 2.65. The van der Waals surface area contributed by atoms with Gasteiger partial charge in [0.1, 0.15) is 12.4 Å². The summed E-state index contributed by atoms with van der Waals surface area (Å²) in [6, 6.07) is 8.20. The van der Waals surface area contributed by atoms with Crippen LogP contribution in [0, 0.1) is 12.3 Å². The molecule has 2 N–H and O–H groups in total. The second kappa shape index (κ2) is 6.59. The van der Waals surface area contributed by atoms with Crippen LogP contribution in [0.5, 0.6) is 5.75 Å². The predicted molar refractivity (Wildman–Crippen MR) is 70.6 cm³/mol. The Hall–Kier alpha value is -2.52. The number of para-hydroxylation sites is 1. The lowest BCUT2D eigenvalue weighted by Gasteiger charge is -2.36. The van der Waals surface area contributed by atoms with Crippen LogP contribution in [-0.2, 0) is 14.3 Å². The summed E-state index contributed by atoms with van der Waals surface area (Å²) in [7, 11) is 0. The molecule has 6 heteroatoms. The summed E-state index contributed by atoms with van der Waals surface area (Å²) in [6.07, 6.45) is 4.47. The zero-order chi connectivity index (χ0) is 14.4. The van der Waals surface area contributed by atoms with Crippen LogP contribution in [0.2, 0.25) is 0 Å². The van der Waals surface area contributed by atoms with Gasteiger partial charge in [0.05, 0.1) is 0 Å². The molecule has 0 unspecified atom stereocenters. The smallest absolute Gasteiger partial charge is 0.258 e. The molecule has 0 saturated carbocycles. The minimum atomic E-state index is -0.727. The molecule has 2 atom stereocenters.